The molecule has 5 heteroatoms. The van der Waals surface area contributed by atoms with E-state index >= 15 is 0 Å². The largest absolute Gasteiger partial charge is 0.389 e. The van der Waals surface area contributed by atoms with E-state index in [1.165, 1.54) is 0 Å². The Kier molecular flexibility index (Phi) is 4.26. The molecule has 0 saturated carbocycles. The molecule has 0 radical (unpaired) electrons. The van der Waals surface area contributed by atoms with Crippen molar-refractivity contribution in [3.05, 3.63) is 23.9 Å². The quantitative estimate of drug-likeness (QED) is 0.758. The lowest BCUT2D eigenvalue weighted by Gasteiger charge is -2.17. The van der Waals surface area contributed by atoms with Gasteiger partial charge in [0.1, 0.15) is 18.9 Å². The molecular formula is C11H12N4O. The summed E-state index contributed by atoms with van der Waals surface area (Å²) in [5, 5.41) is 26.7. The van der Waals surface area contributed by atoms with Gasteiger partial charge < -0.3 is 10.0 Å². The van der Waals surface area contributed by atoms with Crippen molar-refractivity contribution < 1.29 is 5.11 Å². The molecule has 1 atom stereocenters. The molecule has 0 bridgehead atoms. The number of anilines is 1. The van der Waals surface area contributed by atoms with Gasteiger partial charge in [0.05, 0.1) is 18.2 Å². The van der Waals surface area contributed by atoms with Crippen molar-refractivity contribution in [1.29, 1.82) is 10.5 Å². The van der Waals surface area contributed by atoms with Crippen molar-refractivity contribution in [2.75, 3.05) is 18.0 Å². The first-order valence-electron chi connectivity index (χ1n) is 4.82. The molecule has 82 valence electrons. The molecule has 1 heterocycles. The Hall–Kier alpha value is -2.11. The highest BCUT2D eigenvalue weighted by molar-refractivity contribution is 5.43. The minimum atomic E-state index is -0.590. The molecule has 0 saturated heterocycles. The lowest BCUT2D eigenvalue weighted by molar-refractivity contribution is 0.199. The van der Waals surface area contributed by atoms with Crippen LogP contribution >= 0.6 is 0 Å². The van der Waals surface area contributed by atoms with Gasteiger partial charge in [-0.05, 0) is 24.6 Å². The van der Waals surface area contributed by atoms with Crippen LogP contribution in [0.1, 0.15) is 18.6 Å². The van der Waals surface area contributed by atoms with Gasteiger partial charge in [0, 0.05) is 6.20 Å². The standard InChI is InChI=1S/C11H12N4O/c1-9(16)10-2-5-14-11(8-10)15(6-3-12)7-4-13/h2,5,8-9,16H,6-7H2,1H3/t9-/m0/s1. The molecule has 1 aromatic rings. The first-order chi connectivity index (χ1) is 7.69. The summed E-state index contributed by atoms with van der Waals surface area (Å²) in [5.41, 5.74) is 0.714. The number of aliphatic hydroxyl groups is 1. The third kappa shape index (κ3) is 2.94. The highest BCUT2D eigenvalue weighted by Gasteiger charge is 2.09. The zero-order valence-corrected chi connectivity index (χ0v) is 8.96. The monoisotopic (exact) mass is 216 g/mol. The SMILES string of the molecule is C[C@H](O)c1ccnc(N(CC#N)CC#N)c1. The van der Waals surface area contributed by atoms with E-state index in [0.717, 1.165) is 0 Å². The van der Waals surface area contributed by atoms with Crippen molar-refractivity contribution in [3.8, 4) is 12.1 Å². The normalized spacial score (nSPS) is 11.2. The Morgan fingerprint density at radius 2 is 2.06 bits per heavy atom. The number of hydrogen-bond acceptors (Lipinski definition) is 5. The second-order valence-electron chi connectivity index (χ2n) is 3.30. The van der Waals surface area contributed by atoms with E-state index in [1.54, 1.807) is 30.2 Å². The average Bonchev–Trinajstić information content (AvgIpc) is 2.29. The zero-order valence-electron chi connectivity index (χ0n) is 8.96. The summed E-state index contributed by atoms with van der Waals surface area (Å²) in [6.45, 7) is 1.85. The van der Waals surface area contributed by atoms with Crippen LogP contribution in [0.3, 0.4) is 0 Å². The molecule has 0 aliphatic carbocycles. The number of nitrogens with zero attached hydrogens (tertiary/aromatic N) is 4. The number of pyridine rings is 1. The Morgan fingerprint density at radius 3 is 2.56 bits per heavy atom. The summed E-state index contributed by atoms with van der Waals surface area (Å²) < 4.78 is 0. The van der Waals surface area contributed by atoms with Crippen molar-refractivity contribution in [1.82, 2.24) is 4.98 Å². The van der Waals surface area contributed by atoms with Gasteiger partial charge in [0.15, 0.2) is 0 Å². The van der Waals surface area contributed by atoms with Gasteiger partial charge in [0.25, 0.3) is 0 Å². The second kappa shape index (κ2) is 5.69. The maximum atomic E-state index is 9.41. The molecule has 0 unspecified atom stereocenters. The van der Waals surface area contributed by atoms with Gasteiger partial charge in [-0.1, -0.05) is 0 Å². The molecule has 0 aliphatic rings. The molecule has 0 aliphatic heterocycles. The van der Waals surface area contributed by atoms with E-state index in [2.05, 4.69) is 4.98 Å². The number of rotatable bonds is 4. The smallest absolute Gasteiger partial charge is 0.130 e. The molecule has 0 fully saturated rings. The predicted molar refractivity (Wildman–Crippen MR) is 58.3 cm³/mol. The van der Waals surface area contributed by atoms with E-state index in [4.69, 9.17) is 10.5 Å². The van der Waals surface area contributed by atoms with Crippen LogP contribution in [0, 0.1) is 22.7 Å². The van der Waals surface area contributed by atoms with Gasteiger partial charge in [-0.15, -0.1) is 0 Å². The fourth-order valence-corrected chi connectivity index (χ4v) is 1.26. The molecule has 16 heavy (non-hydrogen) atoms. The molecule has 1 rings (SSSR count). The van der Waals surface area contributed by atoms with Crippen molar-refractivity contribution in [2.24, 2.45) is 0 Å². The minimum absolute atomic E-state index is 0.101. The average molecular weight is 216 g/mol. The maximum Gasteiger partial charge on any atom is 0.130 e. The number of hydrogen-bond donors (Lipinski definition) is 1. The molecule has 1 aromatic heterocycles. The molecule has 0 aromatic carbocycles. The van der Waals surface area contributed by atoms with Gasteiger partial charge in [-0.3, -0.25) is 0 Å². The van der Waals surface area contributed by atoms with Gasteiger partial charge in [0.2, 0.25) is 0 Å². The Balaban J connectivity index is 2.97. The van der Waals surface area contributed by atoms with Crippen LogP contribution < -0.4 is 4.90 Å². The summed E-state index contributed by atoms with van der Waals surface area (Å²) in [5.74, 6) is 0.529. The third-order valence-corrected chi connectivity index (χ3v) is 2.10. The summed E-state index contributed by atoms with van der Waals surface area (Å²) in [6, 6.07) is 7.32. The topological polar surface area (TPSA) is 83.9 Å². The molecular weight excluding hydrogens is 204 g/mol. The summed E-state index contributed by atoms with van der Waals surface area (Å²) in [6.07, 6.45) is 0.965. The Labute approximate surface area is 94.2 Å². The van der Waals surface area contributed by atoms with Crippen LogP contribution in [-0.2, 0) is 0 Å². The molecule has 0 amide bonds. The van der Waals surface area contributed by atoms with Crippen LogP contribution in [0.2, 0.25) is 0 Å². The van der Waals surface area contributed by atoms with Crippen LogP contribution in [0.25, 0.3) is 0 Å². The Morgan fingerprint density at radius 1 is 1.44 bits per heavy atom. The van der Waals surface area contributed by atoms with Crippen LogP contribution in [-0.4, -0.2) is 23.2 Å². The van der Waals surface area contributed by atoms with E-state index in [1.807, 2.05) is 12.1 Å². The highest BCUT2D eigenvalue weighted by Crippen LogP contribution is 2.17. The lowest BCUT2D eigenvalue weighted by atomic mass is 10.1. The number of aromatic nitrogens is 1. The van der Waals surface area contributed by atoms with Crippen molar-refractivity contribution in [3.63, 3.8) is 0 Å². The third-order valence-electron chi connectivity index (χ3n) is 2.10. The van der Waals surface area contributed by atoms with Gasteiger partial charge in [-0.2, -0.15) is 10.5 Å². The Bertz CT molecular complexity index is 414. The van der Waals surface area contributed by atoms with Crippen LogP contribution in [0.15, 0.2) is 18.3 Å². The first-order valence-corrected chi connectivity index (χ1v) is 4.82. The predicted octanol–water partition coefficient (Wildman–Crippen LogP) is 0.988. The molecule has 0 spiro atoms. The number of aliphatic hydroxyl groups excluding tert-OH is 1. The van der Waals surface area contributed by atoms with E-state index in [-0.39, 0.29) is 13.1 Å². The van der Waals surface area contributed by atoms with Gasteiger partial charge >= 0.3 is 0 Å². The summed E-state index contributed by atoms with van der Waals surface area (Å²) in [7, 11) is 0. The lowest BCUT2D eigenvalue weighted by Crippen LogP contribution is -2.24. The van der Waals surface area contributed by atoms with Crippen molar-refractivity contribution >= 4 is 5.82 Å². The maximum absolute atomic E-state index is 9.41. The second-order valence-corrected chi connectivity index (χ2v) is 3.30. The van der Waals surface area contributed by atoms with E-state index in [0.29, 0.717) is 11.4 Å². The summed E-state index contributed by atoms with van der Waals surface area (Å²) >= 11 is 0. The fraction of sp³-hybridized carbons (Fsp3) is 0.364. The molecule has 5 nitrogen and oxygen atoms in total. The van der Waals surface area contributed by atoms with Crippen LogP contribution in [0.4, 0.5) is 5.82 Å². The fourth-order valence-electron chi connectivity index (χ4n) is 1.26. The highest BCUT2D eigenvalue weighted by atomic mass is 16.3. The molecule has 1 N–H and O–H groups in total. The number of nitriles is 2. The zero-order chi connectivity index (χ0) is 12.0. The summed E-state index contributed by atoms with van der Waals surface area (Å²) in [4.78, 5) is 5.62. The van der Waals surface area contributed by atoms with E-state index < -0.39 is 6.10 Å². The van der Waals surface area contributed by atoms with E-state index in [9.17, 15) is 5.11 Å². The van der Waals surface area contributed by atoms with Crippen molar-refractivity contribution in [2.45, 2.75) is 13.0 Å². The van der Waals surface area contributed by atoms with Crippen LogP contribution in [0.5, 0.6) is 0 Å². The van der Waals surface area contributed by atoms with Gasteiger partial charge in [-0.25, -0.2) is 4.98 Å². The first kappa shape index (κ1) is 12.0. The minimum Gasteiger partial charge on any atom is -0.389 e.